The van der Waals surface area contributed by atoms with Crippen LogP contribution in [0.1, 0.15) is 62.2 Å². The number of amides is 1. The Balaban J connectivity index is 0.00000121. The summed E-state index contributed by atoms with van der Waals surface area (Å²) < 4.78 is 0. The fourth-order valence-corrected chi connectivity index (χ4v) is 1.52. The third kappa shape index (κ3) is 4.55. The molecule has 0 aliphatic carbocycles. The Kier molecular flexibility index (Phi) is 7.19. The molecule has 3 heteroatoms. The van der Waals surface area contributed by atoms with Gasteiger partial charge in [0.25, 0.3) is 5.91 Å². The lowest BCUT2D eigenvalue weighted by Gasteiger charge is -2.10. The largest absolute Gasteiger partial charge is 0.352 e. The molecule has 0 saturated carbocycles. The molecule has 96 valence electrons. The number of carbonyl (C=O) groups excluding carboxylic acids is 1. The normalized spacial score (nSPS) is 9.59. The highest BCUT2D eigenvalue weighted by atomic mass is 16.1. The molecular formula is C14H24N2O. The molecule has 0 saturated heterocycles. The van der Waals surface area contributed by atoms with E-state index in [0.29, 0.717) is 18.0 Å². The third-order valence-corrected chi connectivity index (χ3v) is 2.35. The van der Waals surface area contributed by atoms with Gasteiger partial charge in [-0.3, -0.25) is 9.78 Å². The fraction of sp³-hybridized carbons (Fsp3) is 0.571. The summed E-state index contributed by atoms with van der Waals surface area (Å²) in [5, 5.41) is 2.77. The van der Waals surface area contributed by atoms with Gasteiger partial charge in [-0.05, 0) is 31.4 Å². The maximum Gasteiger partial charge on any atom is 0.252 e. The van der Waals surface area contributed by atoms with E-state index in [-0.39, 0.29) is 5.91 Å². The van der Waals surface area contributed by atoms with Crippen molar-refractivity contribution in [2.24, 2.45) is 0 Å². The summed E-state index contributed by atoms with van der Waals surface area (Å²) in [4.78, 5) is 15.8. The highest BCUT2D eigenvalue weighted by Crippen LogP contribution is 2.18. The lowest BCUT2D eigenvalue weighted by atomic mass is 10.00. The lowest BCUT2D eigenvalue weighted by Crippen LogP contribution is -2.23. The second-order valence-corrected chi connectivity index (χ2v) is 3.91. The van der Waals surface area contributed by atoms with Crippen molar-refractivity contribution in [1.82, 2.24) is 10.3 Å². The molecule has 1 rings (SSSR count). The van der Waals surface area contributed by atoms with Crippen molar-refractivity contribution >= 4 is 5.91 Å². The number of hydrogen-bond donors (Lipinski definition) is 1. The molecule has 0 aromatic carbocycles. The maximum atomic E-state index is 11.6. The van der Waals surface area contributed by atoms with Crippen molar-refractivity contribution in [3.05, 3.63) is 29.1 Å². The molecule has 0 radical (unpaired) electrons. The third-order valence-electron chi connectivity index (χ3n) is 2.35. The molecule has 1 N–H and O–H groups in total. The van der Waals surface area contributed by atoms with Crippen LogP contribution >= 0.6 is 0 Å². The van der Waals surface area contributed by atoms with Gasteiger partial charge in [-0.25, -0.2) is 0 Å². The Bertz CT molecular complexity index is 359. The number of pyridine rings is 1. The van der Waals surface area contributed by atoms with Crippen molar-refractivity contribution in [2.75, 3.05) is 6.54 Å². The molecule has 1 aromatic heterocycles. The number of aromatic nitrogens is 1. The molecule has 0 fully saturated rings. The van der Waals surface area contributed by atoms with Crippen molar-refractivity contribution < 1.29 is 4.79 Å². The molecule has 0 unspecified atom stereocenters. The fourth-order valence-electron chi connectivity index (χ4n) is 1.52. The molecule has 0 bridgehead atoms. The van der Waals surface area contributed by atoms with Gasteiger partial charge in [0.1, 0.15) is 0 Å². The highest BCUT2D eigenvalue weighted by molar-refractivity contribution is 5.94. The molecule has 17 heavy (non-hydrogen) atoms. The van der Waals surface area contributed by atoms with Gasteiger partial charge in [-0.15, -0.1) is 0 Å². The van der Waals surface area contributed by atoms with E-state index >= 15 is 0 Å². The van der Waals surface area contributed by atoms with Crippen molar-refractivity contribution in [3.8, 4) is 0 Å². The van der Waals surface area contributed by atoms with Crippen LogP contribution in [0.25, 0.3) is 0 Å². The highest BCUT2D eigenvalue weighted by Gasteiger charge is 2.10. The van der Waals surface area contributed by atoms with E-state index in [4.69, 9.17) is 0 Å². The zero-order chi connectivity index (χ0) is 13.4. The molecule has 0 spiro atoms. The van der Waals surface area contributed by atoms with Crippen molar-refractivity contribution in [1.29, 1.82) is 0 Å². The number of carbonyl (C=O) groups is 1. The van der Waals surface area contributed by atoms with Gasteiger partial charge in [0.05, 0.1) is 5.56 Å². The van der Waals surface area contributed by atoms with Crippen LogP contribution in [-0.2, 0) is 0 Å². The predicted molar refractivity (Wildman–Crippen MR) is 72.4 cm³/mol. The first-order chi connectivity index (χ1) is 8.06. The van der Waals surface area contributed by atoms with Gasteiger partial charge < -0.3 is 5.32 Å². The smallest absolute Gasteiger partial charge is 0.252 e. The number of aryl methyl sites for hydroxylation is 1. The Morgan fingerprint density at radius 3 is 2.47 bits per heavy atom. The first-order valence-electron chi connectivity index (χ1n) is 6.31. The summed E-state index contributed by atoms with van der Waals surface area (Å²) in [5.74, 6) is 0.346. The molecule has 3 nitrogen and oxygen atoms in total. The Morgan fingerprint density at radius 1 is 1.41 bits per heavy atom. The van der Waals surface area contributed by atoms with Crippen LogP contribution in [0.5, 0.6) is 0 Å². The summed E-state index contributed by atoms with van der Waals surface area (Å²) in [6.07, 6.45) is 1.63. The number of nitrogens with one attached hydrogen (secondary N) is 1. The summed E-state index contributed by atoms with van der Waals surface area (Å²) >= 11 is 0. The topological polar surface area (TPSA) is 42.0 Å². The Morgan fingerprint density at radius 2 is 2.00 bits per heavy atom. The molecule has 0 atom stereocenters. The number of nitrogens with zero attached hydrogens (tertiary/aromatic N) is 1. The van der Waals surface area contributed by atoms with E-state index in [1.165, 1.54) is 0 Å². The van der Waals surface area contributed by atoms with Gasteiger partial charge in [0, 0.05) is 18.4 Å². The zero-order valence-corrected chi connectivity index (χ0v) is 11.8. The van der Waals surface area contributed by atoms with Gasteiger partial charge in [-0.1, -0.05) is 27.7 Å². The zero-order valence-electron chi connectivity index (χ0n) is 11.8. The Labute approximate surface area is 105 Å². The Hall–Kier alpha value is -1.38. The second kappa shape index (κ2) is 7.82. The predicted octanol–water partition coefficient (Wildman–Crippen LogP) is 3.29. The lowest BCUT2D eigenvalue weighted by molar-refractivity contribution is 0.0955. The van der Waals surface area contributed by atoms with Gasteiger partial charge in [0.15, 0.2) is 0 Å². The summed E-state index contributed by atoms with van der Waals surface area (Å²) in [7, 11) is 0. The molecule has 1 amide bonds. The van der Waals surface area contributed by atoms with Gasteiger partial charge in [0.2, 0.25) is 0 Å². The van der Waals surface area contributed by atoms with Crippen LogP contribution in [0, 0.1) is 6.92 Å². The first-order valence-corrected chi connectivity index (χ1v) is 6.31. The van der Waals surface area contributed by atoms with Crippen LogP contribution in [0.3, 0.4) is 0 Å². The van der Waals surface area contributed by atoms with E-state index in [1.807, 2.05) is 33.8 Å². The molecule has 1 heterocycles. The number of hydrogen-bond acceptors (Lipinski definition) is 2. The van der Waals surface area contributed by atoms with Crippen LogP contribution in [0.2, 0.25) is 0 Å². The minimum atomic E-state index is -0.0492. The van der Waals surface area contributed by atoms with Crippen molar-refractivity contribution in [2.45, 2.75) is 47.5 Å². The summed E-state index contributed by atoms with van der Waals surface area (Å²) in [6.45, 7) is 12.7. The monoisotopic (exact) mass is 236 g/mol. The van der Waals surface area contributed by atoms with Gasteiger partial charge >= 0.3 is 0 Å². The van der Waals surface area contributed by atoms with Crippen LogP contribution in [0.15, 0.2) is 12.3 Å². The SMILES string of the molecule is CC.CCNC(=O)c1cnc(C)c(C(C)C)c1. The second-order valence-electron chi connectivity index (χ2n) is 3.91. The summed E-state index contributed by atoms with van der Waals surface area (Å²) in [6, 6.07) is 1.93. The first kappa shape index (κ1) is 15.6. The summed E-state index contributed by atoms with van der Waals surface area (Å²) in [5.41, 5.74) is 2.78. The minimum Gasteiger partial charge on any atom is -0.352 e. The average Bonchev–Trinajstić information content (AvgIpc) is 2.32. The molecule has 1 aromatic rings. The van der Waals surface area contributed by atoms with E-state index in [9.17, 15) is 4.79 Å². The quantitative estimate of drug-likeness (QED) is 0.875. The van der Waals surface area contributed by atoms with E-state index in [0.717, 1.165) is 11.3 Å². The van der Waals surface area contributed by atoms with E-state index in [2.05, 4.69) is 24.1 Å². The van der Waals surface area contributed by atoms with E-state index < -0.39 is 0 Å². The van der Waals surface area contributed by atoms with Gasteiger partial charge in [-0.2, -0.15) is 0 Å². The molecule has 0 aliphatic heterocycles. The molecule has 0 aliphatic rings. The van der Waals surface area contributed by atoms with Crippen molar-refractivity contribution in [3.63, 3.8) is 0 Å². The van der Waals surface area contributed by atoms with E-state index in [1.54, 1.807) is 6.20 Å². The average molecular weight is 236 g/mol. The van der Waals surface area contributed by atoms with Crippen LogP contribution < -0.4 is 5.32 Å². The van der Waals surface area contributed by atoms with Crippen LogP contribution in [0.4, 0.5) is 0 Å². The standard InChI is InChI=1S/C12H18N2O.C2H6/c1-5-13-12(15)10-6-11(8(2)3)9(4)14-7-10;1-2/h6-8H,5H2,1-4H3,(H,13,15);1-2H3. The van der Waals surface area contributed by atoms with Crippen LogP contribution in [-0.4, -0.2) is 17.4 Å². The minimum absolute atomic E-state index is 0.0492. The maximum absolute atomic E-state index is 11.6. The molecular weight excluding hydrogens is 212 g/mol. The number of rotatable bonds is 3.